The zero-order chi connectivity index (χ0) is 18.1. The van der Waals surface area contributed by atoms with E-state index in [9.17, 15) is 0 Å². The van der Waals surface area contributed by atoms with Crippen molar-refractivity contribution in [3.05, 3.63) is 46.6 Å². The smallest absolute Gasteiger partial charge is 0.172 e. The first-order chi connectivity index (χ1) is 12.6. The highest BCUT2D eigenvalue weighted by molar-refractivity contribution is 9.10. The molecule has 1 unspecified atom stereocenters. The van der Waals surface area contributed by atoms with Crippen molar-refractivity contribution in [1.29, 1.82) is 0 Å². The van der Waals surface area contributed by atoms with Crippen molar-refractivity contribution in [1.82, 2.24) is 19.5 Å². The van der Waals surface area contributed by atoms with Crippen LogP contribution in [0, 0.1) is 12.8 Å². The van der Waals surface area contributed by atoms with Gasteiger partial charge in [-0.05, 0) is 60.8 Å². The summed E-state index contributed by atoms with van der Waals surface area (Å²) in [6.45, 7) is 5.43. The average molecular weight is 414 g/mol. The Hall–Kier alpha value is -1.92. The molecule has 0 saturated carbocycles. The third kappa shape index (κ3) is 3.48. The molecule has 0 radical (unpaired) electrons. The van der Waals surface area contributed by atoms with Crippen LogP contribution in [-0.2, 0) is 0 Å². The minimum Gasteiger partial charge on any atom is -0.370 e. The second kappa shape index (κ2) is 7.37. The Labute approximate surface area is 162 Å². The molecule has 6 heteroatoms. The number of anilines is 1. The summed E-state index contributed by atoms with van der Waals surface area (Å²) >= 11 is 3.58. The number of benzene rings is 1. The van der Waals surface area contributed by atoms with Crippen molar-refractivity contribution in [3.8, 4) is 11.3 Å². The number of rotatable bonds is 4. The molecule has 1 saturated heterocycles. The fourth-order valence-corrected chi connectivity index (χ4v) is 4.10. The first kappa shape index (κ1) is 17.5. The van der Waals surface area contributed by atoms with E-state index >= 15 is 0 Å². The lowest BCUT2D eigenvalue weighted by atomic mass is 9.98. The van der Waals surface area contributed by atoms with Crippen LogP contribution >= 0.6 is 15.9 Å². The Kier molecular flexibility index (Phi) is 4.96. The van der Waals surface area contributed by atoms with E-state index < -0.39 is 0 Å². The molecule has 1 fully saturated rings. The van der Waals surface area contributed by atoms with Gasteiger partial charge < -0.3 is 10.2 Å². The van der Waals surface area contributed by atoms with Crippen molar-refractivity contribution in [2.45, 2.75) is 19.8 Å². The monoisotopic (exact) mass is 413 g/mol. The third-order valence-corrected chi connectivity index (χ3v) is 5.70. The molecule has 0 spiro atoms. The van der Waals surface area contributed by atoms with Gasteiger partial charge in [-0.2, -0.15) is 9.61 Å². The predicted octanol–water partition coefficient (Wildman–Crippen LogP) is 4.22. The number of halogens is 1. The molecule has 1 aliphatic heterocycles. The van der Waals surface area contributed by atoms with E-state index in [1.54, 1.807) is 0 Å². The summed E-state index contributed by atoms with van der Waals surface area (Å²) in [6.07, 6.45) is 4.36. The van der Waals surface area contributed by atoms with Gasteiger partial charge in [0.15, 0.2) is 5.65 Å². The third-order valence-electron chi connectivity index (χ3n) is 5.14. The number of aromatic nitrogens is 3. The second-order valence-electron chi connectivity index (χ2n) is 7.22. The van der Waals surface area contributed by atoms with Crippen LogP contribution in [0.5, 0.6) is 0 Å². The lowest BCUT2D eigenvalue weighted by Crippen LogP contribution is -2.35. The highest BCUT2D eigenvalue weighted by Gasteiger charge is 2.18. The Morgan fingerprint density at radius 2 is 2.15 bits per heavy atom. The summed E-state index contributed by atoms with van der Waals surface area (Å²) in [5.41, 5.74) is 4.19. The number of nitrogens with zero attached hydrogens (tertiary/aromatic N) is 4. The largest absolute Gasteiger partial charge is 0.370 e. The summed E-state index contributed by atoms with van der Waals surface area (Å²) in [5.74, 6) is 1.66. The van der Waals surface area contributed by atoms with Gasteiger partial charge in [0.1, 0.15) is 5.82 Å². The summed E-state index contributed by atoms with van der Waals surface area (Å²) in [4.78, 5) is 7.26. The quantitative estimate of drug-likeness (QED) is 0.695. The van der Waals surface area contributed by atoms with Crippen molar-refractivity contribution >= 4 is 27.4 Å². The SMILES string of the molecule is Cc1ccccc1-c1cc(NCC2CCCN(C)C2)n2ncc(Br)c2n1. The Balaban J connectivity index is 1.68. The van der Waals surface area contributed by atoms with Crippen LogP contribution < -0.4 is 5.32 Å². The fourth-order valence-electron chi connectivity index (χ4n) is 3.75. The minimum absolute atomic E-state index is 0.665. The fraction of sp³-hybridized carbons (Fsp3) is 0.400. The molecule has 4 rings (SSSR count). The second-order valence-corrected chi connectivity index (χ2v) is 8.08. The molecule has 1 aromatic carbocycles. The van der Waals surface area contributed by atoms with Crippen LogP contribution in [0.25, 0.3) is 16.9 Å². The summed E-state index contributed by atoms with van der Waals surface area (Å²) in [6, 6.07) is 10.5. The number of likely N-dealkylation sites (tertiary alicyclic amines) is 1. The van der Waals surface area contributed by atoms with Gasteiger partial charge >= 0.3 is 0 Å². The van der Waals surface area contributed by atoms with E-state index in [-0.39, 0.29) is 0 Å². The maximum absolute atomic E-state index is 4.84. The van der Waals surface area contributed by atoms with E-state index in [2.05, 4.69) is 75.5 Å². The molecule has 0 amide bonds. The molecular formula is C20H24BrN5. The molecule has 1 N–H and O–H groups in total. The Bertz CT molecular complexity index is 920. The highest BCUT2D eigenvalue weighted by Crippen LogP contribution is 2.28. The predicted molar refractivity (Wildman–Crippen MR) is 110 cm³/mol. The first-order valence-corrected chi connectivity index (χ1v) is 9.94. The standard InChI is InChI=1S/C20H24BrN5/c1-14-6-3-4-8-16(14)18-10-19(26-20(24-18)17(21)12-23-26)22-11-15-7-5-9-25(2)13-15/h3-4,6,8,10,12,15,22H,5,7,9,11,13H2,1-2H3. The molecule has 1 atom stereocenters. The normalized spacial score (nSPS) is 18.3. The number of piperidine rings is 1. The zero-order valence-electron chi connectivity index (χ0n) is 15.2. The van der Waals surface area contributed by atoms with Gasteiger partial charge in [0.2, 0.25) is 0 Å². The molecule has 1 aliphatic rings. The lowest BCUT2D eigenvalue weighted by molar-refractivity contribution is 0.217. The van der Waals surface area contributed by atoms with E-state index in [0.717, 1.165) is 40.3 Å². The van der Waals surface area contributed by atoms with Gasteiger partial charge in [0, 0.05) is 24.7 Å². The van der Waals surface area contributed by atoms with Gasteiger partial charge in [0.05, 0.1) is 16.4 Å². The van der Waals surface area contributed by atoms with Crippen LogP contribution in [-0.4, -0.2) is 46.2 Å². The van der Waals surface area contributed by atoms with Gasteiger partial charge in [-0.25, -0.2) is 4.98 Å². The summed E-state index contributed by atoms with van der Waals surface area (Å²) in [5, 5.41) is 8.12. The lowest BCUT2D eigenvalue weighted by Gasteiger charge is -2.30. The molecular weight excluding hydrogens is 390 g/mol. The van der Waals surface area contributed by atoms with E-state index in [1.807, 2.05) is 10.7 Å². The highest BCUT2D eigenvalue weighted by atomic mass is 79.9. The minimum atomic E-state index is 0.665. The van der Waals surface area contributed by atoms with Crippen LogP contribution in [0.2, 0.25) is 0 Å². The van der Waals surface area contributed by atoms with Crippen molar-refractivity contribution in [2.24, 2.45) is 5.92 Å². The molecule has 0 aliphatic carbocycles. The molecule has 3 aromatic rings. The molecule has 0 bridgehead atoms. The molecule has 5 nitrogen and oxygen atoms in total. The van der Waals surface area contributed by atoms with E-state index in [4.69, 9.17) is 4.98 Å². The number of nitrogens with one attached hydrogen (secondary N) is 1. The maximum Gasteiger partial charge on any atom is 0.172 e. The molecule has 3 heterocycles. The zero-order valence-corrected chi connectivity index (χ0v) is 16.8. The van der Waals surface area contributed by atoms with Crippen LogP contribution in [0.3, 0.4) is 0 Å². The van der Waals surface area contributed by atoms with Crippen LogP contribution in [0.4, 0.5) is 5.82 Å². The molecule has 136 valence electrons. The number of hydrogen-bond acceptors (Lipinski definition) is 4. The topological polar surface area (TPSA) is 45.5 Å². The number of fused-ring (bicyclic) bond motifs is 1. The van der Waals surface area contributed by atoms with Crippen molar-refractivity contribution in [2.75, 3.05) is 32.0 Å². The number of aryl methyl sites for hydroxylation is 1. The Morgan fingerprint density at radius 3 is 2.96 bits per heavy atom. The van der Waals surface area contributed by atoms with E-state index in [0.29, 0.717) is 5.92 Å². The van der Waals surface area contributed by atoms with Gasteiger partial charge in [-0.1, -0.05) is 24.3 Å². The van der Waals surface area contributed by atoms with Gasteiger partial charge in [-0.3, -0.25) is 0 Å². The molecule has 2 aromatic heterocycles. The average Bonchev–Trinajstić information content (AvgIpc) is 3.01. The Morgan fingerprint density at radius 1 is 1.31 bits per heavy atom. The van der Waals surface area contributed by atoms with Gasteiger partial charge in [0.25, 0.3) is 0 Å². The van der Waals surface area contributed by atoms with Crippen LogP contribution in [0.1, 0.15) is 18.4 Å². The number of hydrogen-bond donors (Lipinski definition) is 1. The van der Waals surface area contributed by atoms with Crippen molar-refractivity contribution < 1.29 is 0 Å². The van der Waals surface area contributed by atoms with Crippen molar-refractivity contribution in [3.63, 3.8) is 0 Å². The summed E-state index contributed by atoms with van der Waals surface area (Å²) in [7, 11) is 2.21. The first-order valence-electron chi connectivity index (χ1n) is 9.14. The van der Waals surface area contributed by atoms with Crippen LogP contribution in [0.15, 0.2) is 41.0 Å². The molecule has 26 heavy (non-hydrogen) atoms. The van der Waals surface area contributed by atoms with Gasteiger partial charge in [-0.15, -0.1) is 0 Å². The van der Waals surface area contributed by atoms with E-state index in [1.165, 1.54) is 24.9 Å². The maximum atomic E-state index is 4.84. The summed E-state index contributed by atoms with van der Waals surface area (Å²) < 4.78 is 2.80.